The highest BCUT2D eigenvalue weighted by Gasteiger charge is 2.33. The lowest BCUT2D eigenvalue weighted by atomic mass is 9.87. The second kappa shape index (κ2) is 7.63. The van der Waals surface area contributed by atoms with Crippen LogP contribution >= 0.6 is 0 Å². The Bertz CT molecular complexity index is 256. The number of halogens is 2. The molecule has 0 spiro atoms. The molecule has 6 heteroatoms. The molecule has 0 aromatic heterocycles. The van der Waals surface area contributed by atoms with E-state index in [-0.39, 0.29) is 31.0 Å². The third kappa shape index (κ3) is 5.27. The number of amides is 1. The maximum atomic E-state index is 11.8. The standard InChI is InChI=1S/C12H21F2NO3/c13-10(14)7-18-6-3-11(17)15-8-12(9-16)4-1-2-5-12/h10,16H,1-9H2,(H,15,17). The van der Waals surface area contributed by atoms with E-state index in [0.717, 1.165) is 25.7 Å². The van der Waals surface area contributed by atoms with Crippen LogP contribution in [0, 0.1) is 5.41 Å². The van der Waals surface area contributed by atoms with Crippen LogP contribution in [0.1, 0.15) is 32.1 Å². The van der Waals surface area contributed by atoms with E-state index in [1.54, 1.807) is 0 Å². The first-order chi connectivity index (χ1) is 8.58. The molecule has 106 valence electrons. The highest BCUT2D eigenvalue weighted by atomic mass is 19.3. The molecule has 0 atom stereocenters. The van der Waals surface area contributed by atoms with Crippen LogP contribution in [0.4, 0.5) is 8.78 Å². The van der Waals surface area contributed by atoms with Crippen LogP contribution in [0.5, 0.6) is 0 Å². The molecule has 1 rings (SSSR count). The molecule has 1 saturated carbocycles. The van der Waals surface area contributed by atoms with Gasteiger partial charge in [0.25, 0.3) is 6.43 Å². The molecule has 2 N–H and O–H groups in total. The van der Waals surface area contributed by atoms with E-state index in [1.165, 1.54) is 0 Å². The van der Waals surface area contributed by atoms with Crippen LogP contribution in [0.2, 0.25) is 0 Å². The van der Waals surface area contributed by atoms with E-state index in [4.69, 9.17) is 0 Å². The Morgan fingerprint density at radius 1 is 1.39 bits per heavy atom. The van der Waals surface area contributed by atoms with E-state index < -0.39 is 13.0 Å². The van der Waals surface area contributed by atoms with Crippen molar-refractivity contribution in [2.75, 3.05) is 26.4 Å². The number of aliphatic hydroxyl groups excluding tert-OH is 1. The van der Waals surface area contributed by atoms with Gasteiger partial charge in [0.2, 0.25) is 5.91 Å². The topological polar surface area (TPSA) is 58.6 Å². The van der Waals surface area contributed by atoms with Gasteiger partial charge < -0.3 is 15.2 Å². The number of alkyl halides is 2. The zero-order valence-electron chi connectivity index (χ0n) is 10.5. The largest absolute Gasteiger partial charge is 0.396 e. The van der Waals surface area contributed by atoms with E-state index in [2.05, 4.69) is 10.1 Å². The Labute approximate surface area is 106 Å². The smallest absolute Gasteiger partial charge is 0.261 e. The summed E-state index contributed by atoms with van der Waals surface area (Å²) in [5, 5.41) is 12.1. The van der Waals surface area contributed by atoms with Crippen molar-refractivity contribution in [1.82, 2.24) is 5.32 Å². The lowest BCUT2D eigenvalue weighted by molar-refractivity contribution is -0.123. The lowest BCUT2D eigenvalue weighted by Gasteiger charge is -2.26. The SMILES string of the molecule is O=C(CCOCC(F)F)NCC1(CO)CCCC1. The summed E-state index contributed by atoms with van der Waals surface area (Å²) in [5.74, 6) is -0.219. The Hall–Kier alpha value is -0.750. The first-order valence-electron chi connectivity index (χ1n) is 6.31. The number of carbonyl (C=O) groups excluding carboxylic acids is 1. The summed E-state index contributed by atoms with van der Waals surface area (Å²) in [5.41, 5.74) is -0.181. The molecule has 0 saturated heterocycles. The molecule has 4 nitrogen and oxygen atoms in total. The number of nitrogens with one attached hydrogen (secondary N) is 1. The minimum Gasteiger partial charge on any atom is -0.396 e. The molecule has 18 heavy (non-hydrogen) atoms. The van der Waals surface area contributed by atoms with Gasteiger partial charge in [0.05, 0.1) is 13.2 Å². The van der Waals surface area contributed by atoms with Crippen LogP contribution in [0.15, 0.2) is 0 Å². The molecule has 1 aliphatic rings. The molecule has 0 unspecified atom stereocenters. The van der Waals surface area contributed by atoms with Crippen molar-refractivity contribution in [3.05, 3.63) is 0 Å². The predicted octanol–water partition coefficient (Wildman–Crippen LogP) is 1.33. The van der Waals surface area contributed by atoms with Crippen LogP contribution in [0.3, 0.4) is 0 Å². The van der Waals surface area contributed by atoms with Gasteiger partial charge in [-0.1, -0.05) is 12.8 Å². The molecule has 1 amide bonds. The maximum Gasteiger partial charge on any atom is 0.261 e. The van der Waals surface area contributed by atoms with Gasteiger partial charge in [0.15, 0.2) is 0 Å². The highest BCUT2D eigenvalue weighted by Crippen LogP contribution is 2.36. The highest BCUT2D eigenvalue weighted by molar-refractivity contribution is 5.76. The molecule has 0 radical (unpaired) electrons. The van der Waals surface area contributed by atoms with Crippen molar-refractivity contribution >= 4 is 5.91 Å². The molecule has 0 bridgehead atoms. The number of aliphatic hydroxyl groups is 1. The van der Waals surface area contributed by atoms with E-state index >= 15 is 0 Å². The van der Waals surface area contributed by atoms with Gasteiger partial charge in [0, 0.05) is 18.4 Å². The second-order valence-electron chi connectivity index (χ2n) is 4.86. The molecular weight excluding hydrogens is 244 g/mol. The minimum atomic E-state index is -2.50. The van der Waals surface area contributed by atoms with Gasteiger partial charge in [-0.2, -0.15) is 0 Å². The first-order valence-corrected chi connectivity index (χ1v) is 6.31. The summed E-state index contributed by atoms with van der Waals surface area (Å²) in [7, 11) is 0. The molecule has 0 aliphatic heterocycles. The number of carbonyl (C=O) groups is 1. The summed E-state index contributed by atoms with van der Waals surface area (Å²) in [6, 6.07) is 0. The Morgan fingerprint density at radius 2 is 2.06 bits per heavy atom. The van der Waals surface area contributed by atoms with Gasteiger partial charge in [-0.25, -0.2) is 8.78 Å². The third-order valence-corrected chi connectivity index (χ3v) is 3.38. The predicted molar refractivity (Wildman–Crippen MR) is 62.4 cm³/mol. The summed E-state index contributed by atoms with van der Waals surface area (Å²) >= 11 is 0. The average molecular weight is 265 g/mol. The minimum absolute atomic E-state index is 0.00228. The van der Waals surface area contributed by atoms with Gasteiger partial charge in [0.1, 0.15) is 6.61 Å². The first kappa shape index (κ1) is 15.3. The van der Waals surface area contributed by atoms with Crippen LogP contribution in [-0.4, -0.2) is 43.8 Å². The zero-order chi connectivity index (χ0) is 13.4. The third-order valence-electron chi connectivity index (χ3n) is 3.38. The summed E-state index contributed by atoms with van der Waals surface area (Å²) in [6.07, 6.45) is 1.58. The summed E-state index contributed by atoms with van der Waals surface area (Å²) in [4.78, 5) is 11.4. The average Bonchev–Trinajstić information content (AvgIpc) is 2.81. The van der Waals surface area contributed by atoms with Crippen molar-refractivity contribution in [2.24, 2.45) is 5.41 Å². The van der Waals surface area contributed by atoms with Gasteiger partial charge in [-0.05, 0) is 12.8 Å². The fraction of sp³-hybridized carbons (Fsp3) is 0.917. The van der Waals surface area contributed by atoms with Gasteiger partial charge in [-0.3, -0.25) is 4.79 Å². The van der Waals surface area contributed by atoms with Gasteiger partial charge >= 0.3 is 0 Å². The van der Waals surface area contributed by atoms with Crippen LogP contribution in [-0.2, 0) is 9.53 Å². The number of ether oxygens (including phenoxy) is 1. The van der Waals surface area contributed by atoms with Gasteiger partial charge in [-0.15, -0.1) is 0 Å². The number of hydrogen-bond acceptors (Lipinski definition) is 3. The summed E-state index contributed by atoms with van der Waals surface area (Å²) in [6.45, 7) is -0.0947. The zero-order valence-corrected chi connectivity index (χ0v) is 10.5. The Morgan fingerprint density at radius 3 is 2.61 bits per heavy atom. The van der Waals surface area contributed by atoms with E-state index in [9.17, 15) is 18.7 Å². The van der Waals surface area contributed by atoms with Crippen molar-refractivity contribution in [1.29, 1.82) is 0 Å². The second-order valence-corrected chi connectivity index (χ2v) is 4.86. The fourth-order valence-electron chi connectivity index (χ4n) is 2.23. The Kier molecular flexibility index (Phi) is 6.49. The number of hydrogen-bond donors (Lipinski definition) is 2. The molecular formula is C12H21F2NO3. The quantitative estimate of drug-likeness (QED) is 0.651. The molecule has 0 heterocycles. The monoisotopic (exact) mass is 265 g/mol. The summed E-state index contributed by atoms with van der Waals surface area (Å²) < 4.78 is 28.1. The van der Waals surface area contributed by atoms with E-state index in [1.807, 2.05) is 0 Å². The van der Waals surface area contributed by atoms with E-state index in [0.29, 0.717) is 6.54 Å². The fourth-order valence-corrected chi connectivity index (χ4v) is 2.23. The lowest BCUT2D eigenvalue weighted by Crippen LogP contribution is -2.38. The number of rotatable bonds is 8. The van der Waals surface area contributed by atoms with Crippen molar-refractivity contribution in [2.45, 2.75) is 38.5 Å². The molecule has 0 aromatic rings. The normalized spacial score (nSPS) is 18.2. The Balaban J connectivity index is 2.12. The molecule has 1 aliphatic carbocycles. The van der Waals surface area contributed by atoms with Crippen molar-refractivity contribution < 1.29 is 23.4 Å². The molecule has 0 aromatic carbocycles. The maximum absolute atomic E-state index is 11.8. The molecule has 1 fully saturated rings. The van der Waals surface area contributed by atoms with Crippen LogP contribution in [0.25, 0.3) is 0 Å². The van der Waals surface area contributed by atoms with Crippen molar-refractivity contribution in [3.8, 4) is 0 Å². The van der Waals surface area contributed by atoms with Crippen molar-refractivity contribution in [3.63, 3.8) is 0 Å². The van der Waals surface area contributed by atoms with Crippen LogP contribution < -0.4 is 5.32 Å².